The molecule has 0 aliphatic rings. The summed E-state index contributed by atoms with van der Waals surface area (Å²) in [6.07, 6.45) is 0. The zero-order valence-electron chi connectivity index (χ0n) is 12.7. The van der Waals surface area contributed by atoms with Gasteiger partial charge < -0.3 is 15.4 Å². The number of hydrogen-bond acceptors (Lipinski definition) is 7. The van der Waals surface area contributed by atoms with Crippen molar-refractivity contribution in [2.75, 3.05) is 24.7 Å². The third kappa shape index (κ3) is 5.53. The van der Waals surface area contributed by atoms with E-state index in [1.165, 1.54) is 30.2 Å². The third-order valence-electron chi connectivity index (χ3n) is 2.74. The molecule has 1 aromatic heterocycles. The van der Waals surface area contributed by atoms with Gasteiger partial charge in [-0.1, -0.05) is 29.2 Å². The van der Waals surface area contributed by atoms with Crippen LogP contribution in [0.15, 0.2) is 28.0 Å². The predicted octanol–water partition coefficient (Wildman–Crippen LogP) is 1.70. The van der Waals surface area contributed by atoms with E-state index in [1.54, 1.807) is 11.6 Å². The second kappa shape index (κ2) is 8.49. The Morgan fingerprint density at radius 2 is 2.17 bits per heavy atom. The average molecular weight is 352 g/mol. The van der Waals surface area contributed by atoms with Gasteiger partial charge >= 0.3 is 0 Å². The lowest BCUT2D eigenvalue weighted by Crippen LogP contribution is -2.34. The Morgan fingerprint density at radius 3 is 2.87 bits per heavy atom. The molecule has 2 aromatic rings. The molecule has 2 amide bonds. The molecule has 0 atom stereocenters. The Bertz CT molecular complexity index is 677. The lowest BCUT2D eigenvalue weighted by atomic mass is 10.2. The first-order valence-corrected chi connectivity index (χ1v) is 8.55. The summed E-state index contributed by atoms with van der Waals surface area (Å²) >= 11 is 2.64. The molecule has 122 valence electrons. The van der Waals surface area contributed by atoms with E-state index in [4.69, 9.17) is 4.74 Å². The molecule has 1 heterocycles. The number of benzene rings is 1. The molecule has 7 nitrogen and oxygen atoms in total. The molecule has 9 heteroatoms. The minimum absolute atomic E-state index is 0.105. The van der Waals surface area contributed by atoms with Crippen LogP contribution >= 0.6 is 23.1 Å². The number of thioether (sulfide) groups is 1. The largest absolute Gasteiger partial charge is 0.495 e. The molecule has 0 aliphatic carbocycles. The van der Waals surface area contributed by atoms with Crippen LogP contribution in [0.25, 0.3) is 0 Å². The lowest BCUT2D eigenvalue weighted by Gasteiger charge is -2.11. The van der Waals surface area contributed by atoms with Crippen molar-refractivity contribution >= 4 is 40.6 Å². The minimum Gasteiger partial charge on any atom is -0.495 e. The van der Waals surface area contributed by atoms with E-state index in [2.05, 4.69) is 20.8 Å². The summed E-state index contributed by atoms with van der Waals surface area (Å²) in [4.78, 5) is 23.6. The van der Waals surface area contributed by atoms with Crippen LogP contribution in [-0.2, 0) is 9.59 Å². The van der Waals surface area contributed by atoms with Crippen molar-refractivity contribution in [2.24, 2.45) is 0 Å². The maximum absolute atomic E-state index is 11.9. The third-order valence-corrected chi connectivity index (χ3v) is 4.60. The van der Waals surface area contributed by atoms with Crippen LogP contribution in [0, 0.1) is 6.92 Å². The number of amides is 2. The van der Waals surface area contributed by atoms with E-state index in [9.17, 15) is 9.59 Å². The first-order chi connectivity index (χ1) is 11.1. The zero-order valence-corrected chi connectivity index (χ0v) is 14.3. The zero-order chi connectivity index (χ0) is 16.7. The SMILES string of the molecule is COc1ccc(C)cc1NC(=O)CNC(=O)CSc1nncs1. The maximum atomic E-state index is 11.9. The second-order valence-electron chi connectivity index (χ2n) is 4.52. The van der Waals surface area contributed by atoms with Crippen LogP contribution in [0.1, 0.15) is 5.56 Å². The van der Waals surface area contributed by atoms with E-state index in [0.717, 1.165) is 5.56 Å². The summed E-state index contributed by atoms with van der Waals surface area (Å²) in [7, 11) is 1.53. The number of nitrogens with one attached hydrogen (secondary N) is 2. The molecule has 0 unspecified atom stereocenters. The summed E-state index contributed by atoms with van der Waals surface area (Å²) in [5.74, 6) is 0.206. The van der Waals surface area contributed by atoms with Gasteiger partial charge in [0.2, 0.25) is 11.8 Å². The molecule has 0 saturated heterocycles. The van der Waals surface area contributed by atoms with Gasteiger partial charge in [0.15, 0.2) is 4.34 Å². The molecule has 0 aliphatic heterocycles. The van der Waals surface area contributed by atoms with Gasteiger partial charge in [-0.05, 0) is 24.6 Å². The standard InChI is InChI=1S/C14H16N4O3S2/c1-9-3-4-11(21-2)10(5-9)17-12(19)6-15-13(20)7-22-14-18-16-8-23-14/h3-5,8H,6-7H2,1-2H3,(H,15,20)(H,17,19). The Labute approximate surface area is 141 Å². The number of anilines is 1. The fourth-order valence-corrected chi connectivity index (χ4v) is 3.02. The molecule has 0 saturated carbocycles. The van der Waals surface area contributed by atoms with E-state index in [0.29, 0.717) is 15.8 Å². The first kappa shape index (κ1) is 17.2. The van der Waals surface area contributed by atoms with Crippen molar-refractivity contribution in [3.05, 3.63) is 29.3 Å². The quantitative estimate of drug-likeness (QED) is 0.737. The number of rotatable bonds is 7. The summed E-state index contributed by atoms with van der Waals surface area (Å²) in [5.41, 5.74) is 3.18. The first-order valence-electron chi connectivity index (χ1n) is 6.68. The number of aromatic nitrogens is 2. The number of carbonyl (C=O) groups excluding carboxylic acids is 2. The molecule has 0 fully saturated rings. The summed E-state index contributed by atoms with van der Waals surface area (Å²) in [5, 5.41) is 12.8. The normalized spacial score (nSPS) is 10.2. The van der Waals surface area contributed by atoms with Crippen LogP contribution in [0.5, 0.6) is 5.75 Å². The van der Waals surface area contributed by atoms with Gasteiger partial charge in [0.25, 0.3) is 0 Å². The number of hydrogen-bond donors (Lipinski definition) is 2. The van der Waals surface area contributed by atoms with E-state index < -0.39 is 0 Å². The van der Waals surface area contributed by atoms with Gasteiger partial charge in [-0.3, -0.25) is 9.59 Å². The molecule has 0 spiro atoms. The van der Waals surface area contributed by atoms with Crippen molar-refractivity contribution in [1.82, 2.24) is 15.5 Å². The average Bonchev–Trinajstić information content (AvgIpc) is 3.04. The molecule has 1 aromatic carbocycles. The fraction of sp³-hybridized carbons (Fsp3) is 0.286. The van der Waals surface area contributed by atoms with Gasteiger partial charge in [0.05, 0.1) is 25.1 Å². The number of methoxy groups -OCH3 is 1. The highest BCUT2D eigenvalue weighted by atomic mass is 32.2. The Balaban J connectivity index is 1.78. The van der Waals surface area contributed by atoms with Crippen LogP contribution in [-0.4, -0.2) is 41.4 Å². The van der Waals surface area contributed by atoms with E-state index in [-0.39, 0.29) is 24.1 Å². The highest BCUT2D eigenvalue weighted by molar-refractivity contribution is 8.01. The van der Waals surface area contributed by atoms with Gasteiger partial charge in [-0.15, -0.1) is 10.2 Å². The monoisotopic (exact) mass is 352 g/mol. The Kier molecular flexibility index (Phi) is 6.36. The molecular weight excluding hydrogens is 336 g/mol. The number of nitrogens with zero attached hydrogens (tertiary/aromatic N) is 2. The number of carbonyl (C=O) groups is 2. The van der Waals surface area contributed by atoms with Gasteiger partial charge in [0.1, 0.15) is 11.3 Å². The molecular formula is C14H16N4O3S2. The minimum atomic E-state index is -0.317. The maximum Gasteiger partial charge on any atom is 0.243 e. The lowest BCUT2D eigenvalue weighted by molar-refractivity contribution is -0.122. The molecule has 2 rings (SSSR count). The highest BCUT2D eigenvalue weighted by Gasteiger charge is 2.10. The van der Waals surface area contributed by atoms with Crippen LogP contribution in [0.4, 0.5) is 5.69 Å². The van der Waals surface area contributed by atoms with E-state index >= 15 is 0 Å². The Hall–Kier alpha value is -2.13. The summed E-state index contributed by atoms with van der Waals surface area (Å²) in [6.45, 7) is 1.81. The van der Waals surface area contributed by atoms with Crippen molar-refractivity contribution in [2.45, 2.75) is 11.3 Å². The summed E-state index contributed by atoms with van der Waals surface area (Å²) in [6, 6.07) is 5.48. The second-order valence-corrected chi connectivity index (χ2v) is 6.58. The van der Waals surface area contributed by atoms with Gasteiger partial charge in [0, 0.05) is 0 Å². The summed E-state index contributed by atoms with van der Waals surface area (Å²) < 4.78 is 5.91. The van der Waals surface area contributed by atoms with Crippen LogP contribution in [0.3, 0.4) is 0 Å². The predicted molar refractivity (Wildman–Crippen MR) is 90.0 cm³/mol. The van der Waals surface area contributed by atoms with Gasteiger partial charge in [-0.25, -0.2) is 0 Å². The van der Waals surface area contributed by atoms with Crippen LogP contribution in [0.2, 0.25) is 0 Å². The van der Waals surface area contributed by atoms with E-state index in [1.807, 2.05) is 19.1 Å². The molecule has 0 radical (unpaired) electrons. The van der Waals surface area contributed by atoms with Crippen molar-refractivity contribution in [3.63, 3.8) is 0 Å². The molecule has 2 N–H and O–H groups in total. The van der Waals surface area contributed by atoms with Crippen molar-refractivity contribution in [3.8, 4) is 5.75 Å². The molecule has 23 heavy (non-hydrogen) atoms. The Morgan fingerprint density at radius 1 is 1.35 bits per heavy atom. The fourth-order valence-electron chi connectivity index (χ4n) is 1.70. The highest BCUT2D eigenvalue weighted by Crippen LogP contribution is 2.25. The topological polar surface area (TPSA) is 93.2 Å². The molecule has 0 bridgehead atoms. The van der Waals surface area contributed by atoms with Crippen molar-refractivity contribution < 1.29 is 14.3 Å². The number of aryl methyl sites for hydroxylation is 1. The smallest absolute Gasteiger partial charge is 0.243 e. The van der Waals surface area contributed by atoms with Gasteiger partial charge in [-0.2, -0.15) is 0 Å². The number of ether oxygens (including phenoxy) is 1. The van der Waals surface area contributed by atoms with Crippen molar-refractivity contribution in [1.29, 1.82) is 0 Å². The van der Waals surface area contributed by atoms with Crippen LogP contribution < -0.4 is 15.4 Å².